The van der Waals surface area contributed by atoms with Crippen LogP contribution in [0.3, 0.4) is 0 Å². The van der Waals surface area contributed by atoms with Gasteiger partial charge < -0.3 is 13.6 Å². The summed E-state index contributed by atoms with van der Waals surface area (Å²) in [6, 6.07) is 63.1. The summed E-state index contributed by atoms with van der Waals surface area (Å²) >= 11 is 0. The van der Waals surface area contributed by atoms with E-state index >= 15 is 0 Å². The summed E-state index contributed by atoms with van der Waals surface area (Å²) in [5.41, 5.74) is 14.0. The number of hydrogen-bond acceptors (Lipinski definition) is 4. The van der Waals surface area contributed by atoms with E-state index in [1.54, 1.807) is 0 Å². The molecule has 0 unspecified atom stereocenters. The lowest BCUT2D eigenvalue weighted by Gasteiger charge is -2.11. The number of rotatable bonds is 11. The van der Waals surface area contributed by atoms with E-state index in [0.29, 0.717) is 17.5 Å². The van der Waals surface area contributed by atoms with Crippen molar-refractivity contribution in [2.75, 3.05) is 0 Å². The molecule has 0 amide bonds. The van der Waals surface area contributed by atoms with Crippen LogP contribution in [-0.4, -0.2) is 24.1 Å². The molecule has 0 aliphatic rings. The van der Waals surface area contributed by atoms with Crippen LogP contribution in [0.2, 0.25) is 0 Å². The third-order valence-electron chi connectivity index (χ3n) is 13.1. The first kappa shape index (κ1) is 38.8. The highest BCUT2D eigenvalue weighted by molar-refractivity contribution is 6.19. The number of aryl methyl sites for hydroxylation is 2. The zero-order valence-electron chi connectivity index (χ0n) is 36.6. The molecule has 0 radical (unpaired) electrons. The van der Waals surface area contributed by atoms with Gasteiger partial charge in [0, 0.05) is 66.4 Å². The van der Waals surface area contributed by atoms with E-state index in [4.69, 9.17) is 19.4 Å². The fraction of sp³-hybridized carbons (Fsp3) is 0.136. The first-order valence-electron chi connectivity index (χ1n) is 23.1. The molecular weight excluding hydrogens is 795 g/mol. The van der Waals surface area contributed by atoms with Gasteiger partial charge in [-0.25, -0.2) is 15.0 Å². The number of fused-ring (bicyclic) bond motifs is 9. The van der Waals surface area contributed by atoms with Crippen molar-refractivity contribution in [2.24, 2.45) is 0 Å². The average Bonchev–Trinajstić information content (AvgIpc) is 4.01. The second-order valence-electron chi connectivity index (χ2n) is 17.3. The van der Waals surface area contributed by atoms with Crippen molar-refractivity contribution >= 4 is 65.6 Å². The molecule has 4 aromatic heterocycles. The Morgan fingerprint density at radius 2 is 0.985 bits per heavy atom. The number of aromatic nitrogens is 5. The van der Waals surface area contributed by atoms with Gasteiger partial charge in [0.25, 0.3) is 0 Å². The molecular formula is C59H47N5O. The lowest BCUT2D eigenvalue weighted by Crippen LogP contribution is -2.00. The number of hydrogen-bond donors (Lipinski definition) is 0. The minimum absolute atomic E-state index is 0.611. The molecule has 0 aliphatic heterocycles. The van der Waals surface area contributed by atoms with Gasteiger partial charge in [0.2, 0.25) is 0 Å². The monoisotopic (exact) mass is 841 g/mol. The van der Waals surface area contributed by atoms with Gasteiger partial charge in [-0.2, -0.15) is 0 Å². The molecule has 65 heavy (non-hydrogen) atoms. The predicted molar refractivity (Wildman–Crippen MR) is 269 cm³/mol. The summed E-state index contributed by atoms with van der Waals surface area (Å²) in [4.78, 5) is 15.3. The highest BCUT2D eigenvalue weighted by Gasteiger charge is 2.21. The molecule has 12 aromatic rings. The normalized spacial score (nSPS) is 11.9. The van der Waals surface area contributed by atoms with Crippen LogP contribution in [0.25, 0.3) is 111 Å². The van der Waals surface area contributed by atoms with Crippen LogP contribution in [0, 0.1) is 0 Å². The van der Waals surface area contributed by atoms with Crippen molar-refractivity contribution in [1.82, 2.24) is 24.1 Å². The number of nitrogens with zero attached hydrogens (tertiary/aromatic N) is 5. The summed E-state index contributed by atoms with van der Waals surface area (Å²) in [6.07, 6.45) is 6.84. The van der Waals surface area contributed by atoms with Crippen molar-refractivity contribution in [2.45, 2.75) is 52.4 Å². The summed E-state index contributed by atoms with van der Waals surface area (Å²) in [5.74, 6) is 1.89. The molecule has 0 N–H and O–H groups in total. The number of para-hydroxylation sites is 2. The van der Waals surface area contributed by atoms with Crippen LogP contribution < -0.4 is 0 Å². The molecule has 0 bridgehead atoms. The molecule has 0 saturated heterocycles. The molecule has 4 heterocycles. The SMILES string of the molecule is CCCCc1ccc(-c2nc(-c3ccccc3)nc(-c3cccc4oc5cc(-n6c7ccccc7c7cc8c(cc76)c6ccccc6n8-c6cccc(CCCC)c6)ccc5c34)n2)cc1. The Hall–Kier alpha value is -7.83. The number of benzene rings is 8. The van der Waals surface area contributed by atoms with Crippen LogP contribution in [0.4, 0.5) is 0 Å². The highest BCUT2D eigenvalue weighted by atomic mass is 16.3. The van der Waals surface area contributed by atoms with Crippen molar-refractivity contribution in [3.63, 3.8) is 0 Å². The number of unbranched alkanes of at least 4 members (excludes halogenated alkanes) is 2. The van der Waals surface area contributed by atoms with Crippen molar-refractivity contribution in [3.05, 3.63) is 187 Å². The van der Waals surface area contributed by atoms with Gasteiger partial charge in [0.15, 0.2) is 17.5 Å². The third kappa shape index (κ3) is 6.67. The van der Waals surface area contributed by atoms with E-state index in [1.807, 2.05) is 30.3 Å². The molecule has 0 aliphatic carbocycles. The molecule has 0 fully saturated rings. The first-order valence-corrected chi connectivity index (χ1v) is 23.1. The maximum atomic E-state index is 6.78. The summed E-state index contributed by atoms with van der Waals surface area (Å²) < 4.78 is 11.6. The molecule has 6 heteroatoms. The quantitative estimate of drug-likeness (QED) is 0.130. The van der Waals surface area contributed by atoms with Crippen LogP contribution in [0.5, 0.6) is 0 Å². The molecule has 314 valence electrons. The molecule has 0 saturated carbocycles. The van der Waals surface area contributed by atoms with Crippen molar-refractivity contribution in [3.8, 4) is 45.5 Å². The summed E-state index contributed by atoms with van der Waals surface area (Å²) in [7, 11) is 0. The van der Waals surface area contributed by atoms with Crippen LogP contribution in [-0.2, 0) is 12.8 Å². The highest BCUT2D eigenvalue weighted by Crippen LogP contribution is 2.42. The van der Waals surface area contributed by atoms with E-state index in [-0.39, 0.29) is 0 Å². The standard InChI is InChI=1S/C59H47N5O/c1-3-5-16-38-28-30-41(31-29-38)58-60-57(40-19-8-7-9-20-40)61-59(62-58)47-24-15-27-54-56(47)46-33-32-43(35-55(46)65-54)64-51-26-13-11-23-45(51)49-36-52-48(37-53(49)64)44-22-10-12-25-50(44)63(52)42-21-14-18-39(34-42)17-6-4-2/h7-15,18-37H,3-6,16-17H2,1-2H3. The van der Waals surface area contributed by atoms with E-state index in [2.05, 4.69) is 169 Å². The Kier molecular flexibility index (Phi) is 9.59. The fourth-order valence-electron chi connectivity index (χ4n) is 9.90. The van der Waals surface area contributed by atoms with E-state index in [0.717, 1.165) is 68.2 Å². The van der Waals surface area contributed by atoms with Crippen molar-refractivity contribution < 1.29 is 4.42 Å². The second-order valence-corrected chi connectivity index (χ2v) is 17.3. The Morgan fingerprint density at radius 3 is 1.66 bits per heavy atom. The van der Waals surface area contributed by atoms with E-state index in [1.165, 1.54) is 75.1 Å². The largest absolute Gasteiger partial charge is 0.456 e. The number of furan rings is 1. The smallest absolute Gasteiger partial charge is 0.164 e. The zero-order valence-corrected chi connectivity index (χ0v) is 36.6. The van der Waals surface area contributed by atoms with Crippen LogP contribution >= 0.6 is 0 Å². The maximum Gasteiger partial charge on any atom is 0.164 e. The Morgan fingerprint density at radius 1 is 0.400 bits per heavy atom. The van der Waals surface area contributed by atoms with Crippen LogP contribution in [0.15, 0.2) is 180 Å². The van der Waals surface area contributed by atoms with Gasteiger partial charge in [-0.05, 0) is 91.4 Å². The minimum atomic E-state index is 0.611. The molecule has 8 aromatic carbocycles. The molecule has 12 rings (SSSR count). The zero-order chi connectivity index (χ0) is 43.4. The maximum absolute atomic E-state index is 6.78. The molecule has 0 atom stereocenters. The summed E-state index contributed by atoms with van der Waals surface area (Å²) in [6.45, 7) is 4.49. The van der Waals surface area contributed by atoms with Gasteiger partial charge in [0.05, 0.1) is 22.1 Å². The molecule has 6 nitrogen and oxygen atoms in total. The van der Waals surface area contributed by atoms with Crippen molar-refractivity contribution in [1.29, 1.82) is 0 Å². The Balaban J connectivity index is 1.02. The fourth-order valence-corrected chi connectivity index (χ4v) is 9.90. The topological polar surface area (TPSA) is 61.7 Å². The van der Waals surface area contributed by atoms with E-state index in [9.17, 15) is 0 Å². The van der Waals surface area contributed by atoms with Gasteiger partial charge in [-0.15, -0.1) is 0 Å². The Labute approximate surface area is 377 Å². The third-order valence-corrected chi connectivity index (χ3v) is 13.1. The Bertz CT molecular complexity index is 3740. The second kappa shape index (κ2) is 16.1. The van der Waals surface area contributed by atoms with Gasteiger partial charge >= 0.3 is 0 Å². The minimum Gasteiger partial charge on any atom is -0.456 e. The van der Waals surface area contributed by atoms with Gasteiger partial charge in [-0.1, -0.05) is 142 Å². The van der Waals surface area contributed by atoms with Crippen LogP contribution in [0.1, 0.15) is 50.7 Å². The lowest BCUT2D eigenvalue weighted by atomic mass is 10.0. The summed E-state index contributed by atoms with van der Waals surface area (Å²) in [5, 5.41) is 6.87. The predicted octanol–water partition coefficient (Wildman–Crippen LogP) is 15.7. The first-order chi connectivity index (χ1) is 32.1. The van der Waals surface area contributed by atoms with Gasteiger partial charge in [-0.3, -0.25) is 0 Å². The van der Waals surface area contributed by atoms with Gasteiger partial charge in [0.1, 0.15) is 11.2 Å². The lowest BCUT2D eigenvalue weighted by molar-refractivity contribution is 0.668. The van der Waals surface area contributed by atoms with E-state index < -0.39 is 0 Å². The molecule has 0 spiro atoms. The average molecular weight is 842 g/mol.